The van der Waals surface area contributed by atoms with Gasteiger partial charge in [-0.15, -0.1) is 0 Å². The van der Waals surface area contributed by atoms with Crippen LogP contribution in [0, 0.1) is 5.92 Å². The van der Waals surface area contributed by atoms with Crippen LogP contribution in [0.15, 0.2) is 53.0 Å². The minimum atomic E-state index is -0.727. The molecule has 1 fully saturated rings. The predicted molar refractivity (Wildman–Crippen MR) is 118 cm³/mol. The average molecular weight is 455 g/mol. The van der Waals surface area contributed by atoms with Gasteiger partial charge in [0.1, 0.15) is 5.92 Å². The number of carbonyl (C=O) groups excluding carboxylic acids is 2. The molecule has 1 aliphatic heterocycles. The second kappa shape index (κ2) is 7.30. The van der Waals surface area contributed by atoms with Gasteiger partial charge in [0.2, 0.25) is 17.8 Å². The Morgan fingerprint density at radius 3 is 2.55 bits per heavy atom. The van der Waals surface area contributed by atoms with E-state index in [9.17, 15) is 9.59 Å². The number of hydrogen-bond acceptors (Lipinski definition) is 3. The largest absolute Gasteiger partial charge is 0.311 e. The van der Waals surface area contributed by atoms with E-state index in [0.717, 1.165) is 21.2 Å². The van der Waals surface area contributed by atoms with Gasteiger partial charge in [-0.1, -0.05) is 24.3 Å². The van der Waals surface area contributed by atoms with Gasteiger partial charge in [-0.2, -0.15) is 0 Å². The topological polar surface area (TPSA) is 67.2 Å². The van der Waals surface area contributed by atoms with Crippen LogP contribution < -0.4 is 10.2 Å². The molecular weight excluding hydrogens is 432 g/mol. The van der Waals surface area contributed by atoms with Gasteiger partial charge in [0.25, 0.3) is 0 Å². The second-order valence-corrected chi connectivity index (χ2v) is 9.06. The first-order valence-electron chi connectivity index (χ1n) is 9.62. The number of amides is 2. The van der Waals surface area contributed by atoms with Crippen molar-refractivity contribution in [3.8, 4) is 0 Å². The van der Waals surface area contributed by atoms with Crippen molar-refractivity contribution in [2.75, 3.05) is 16.8 Å². The summed E-state index contributed by atoms with van der Waals surface area (Å²) in [6, 6.07) is 15.3. The molecule has 7 heteroatoms. The van der Waals surface area contributed by atoms with E-state index in [0.29, 0.717) is 18.9 Å². The van der Waals surface area contributed by atoms with E-state index in [4.69, 9.17) is 0 Å². The maximum atomic E-state index is 13.0. The van der Waals surface area contributed by atoms with Crippen LogP contribution in [0.1, 0.15) is 27.2 Å². The summed E-state index contributed by atoms with van der Waals surface area (Å²) >= 11 is 3.49. The maximum Gasteiger partial charge on any atom is 0.239 e. The molecular formula is C22H23BrN4O2. The third-order valence-corrected chi connectivity index (χ3v) is 5.80. The summed E-state index contributed by atoms with van der Waals surface area (Å²) in [6.45, 7) is 6.69. The van der Waals surface area contributed by atoms with Crippen molar-refractivity contribution in [1.82, 2.24) is 9.55 Å². The summed E-state index contributed by atoms with van der Waals surface area (Å²) < 4.78 is 2.84. The molecule has 6 nitrogen and oxygen atoms in total. The molecule has 4 rings (SSSR count). The molecule has 2 amide bonds. The van der Waals surface area contributed by atoms with E-state index in [1.807, 2.05) is 53.1 Å². The normalized spacial score (nSPS) is 17.2. The van der Waals surface area contributed by atoms with Gasteiger partial charge < -0.3 is 9.47 Å². The van der Waals surface area contributed by atoms with E-state index in [2.05, 4.69) is 47.0 Å². The summed E-state index contributed by atoms with van der Waals surface area (Å²) in [5.41, 5.74) is 2.27. The number of nitrogens with zero attached hydrogens (tertiary/aromatic N) is 3. The number of aromatic nitrogens is 2. The summed E-state index contributed by atoms with van der Waals surface area (Å²) in [7, 11) is 0. The summed E-state index contributed by atoms with van der Waals surface area (Å²) in [5, 5.41) is 2.92. The van der Waals surface area contributed by atoms with Crippen molar-refractivity contribution in [1.29, 1.82) is 0 Å². The SMILES string of the molecule is CC(C)(C)n1c(NC(=O)C2CCN(c3ccccc3Br)C2=O)nc2ccccc21. The molecule has 1 N–H and O–H groups in total. The number of halogens is 1. The Balaban J connectivity index is 1.61. The van der Waals surface area contributed by atoms with Crippen LogP contribution in [0.2, 0.25) is 0 Å². The molecule has 3 aromatic rings. The smallest absolute Gasteiger partial charge is 0.239 e. The molecule has 0 radical (unpaired) electrons. The molecule has 2 aromatic carbocycles. The van der Waals surface area contributed by atoms with Gasteiger partial charge in [-0.25, -0.2) is 4.98 Å². The molecule has 0 bridgehead atoms. The van der Waals surface area contributed by atoms with Crippen molar-refractivity contribution in [3.63, 3.8) is 0 Å². The Labute approximate surface area is 178 Å². The lowest BCUT2D eigenvalue weighted by Crippen LogP contribution is -2.34. The summed E-state index contributed by atoms with van der Waals surface area (Å²) in [4.78, 5) is 32.3. The molecule has 0 spiro atoms. The highest BCUT2D eigenvalue weighted by Crippen LogP contribution is 2.33. The van der Waals surface area contributed by atoms with Crippen molar-refractivity contribution in [2.45, 2.75) is 32.7 Å². The molecule has 1 aliphatic rings. The molecule has 0 aliphatic carbocycles. The zero-order valence-corrected chi connectivity index (χ0v) is 18.2. The van der Waals surface area contributed by atoms with E-state index < -0.39 is 5.92 Å². The number of para-hydroxylation sites is 3. The summed E-state index contributed by atoms with van der Waals surface area (Å²) in [5.74, 6) is -0.760. The van der Waals surface area contributed by atoms with Crippen LogP contribution in [-0.2, 0) is 15.1 Å². The lowest BCUT2D eigenvalue weighted by atomic mass is 10.1. The van der Waals surface area contributed by atoms with Crippen molar-refractivity contribution < 1.29 is 9.59 Å². The number of imidazole rings is 1. The Morgan fingerprint density at radius 1 is 1.14 bits per heavy atom. The van der Waals surface area contributed by atoms with E-state index in [-0.39, 0.29) is 17.4 Å². The average Bonchev–Trinajstić information content (AvgIpc) is 3.22. The highest BCUT2D eigenvalue weighted by molar-refractivity contribution is 9.10. The van der Waals surface area contributed by atoms with Crippen LogP contribution in [0.25, 0.3) is 11.0 Å². The minimum Gasteiger partial charge on any atom is -0.311 e. The number of benzene rings is 2. The first kappa shape index (κ1) is 19.6. The standard InChI is InChI=1S/C22H23BrN4O2/c1-22(2,3)27-18-11-7-5-9-16(18)24-21(27)25-19(28)14-12-13-26(20(14)29)17-10-6-4-8-15(17)23/h4-11,14H,12-13H2,1-3H3,(H,24,25,28). The maximum absolute atomic E-state index is 13.0. The third-order valence-electron chi connectivity index (χ3n) is 5.13. The van der Waals surface area contributed by atoms with Gasteiger partial charge in [-0.05, 0) is 67.4 Å². The van der Waals surface area contributed by atoms with E-state index in [1.54, 1.807) is 4.90 Å². The molecule has 1 unspecified atom stereocenters. The second-order valence-electron chi connectivity index (χ2n) is 8.20. The van der Waals surface area contributed by atoms with Crippen LogP contribution in [0.4, 0.5) is 11.6 Å². The Bertz CT molecular complexity index is 1100. The van der Waals surface area contributed by atoms with Gasteiger partial charge >= 0.3 is 0 Å². The van der Waals surface area contributed by atoms with Gasteiger partial charge in [0, 0.05) is 16.6 Å². The monoisotopic (exact) mass is 454 g/mol. The Morgan fingerprint density at radius 2 is 1.83 bits per heavy atom. The Hall–Kier alpha value is -2.67. The van der Waals surface area contributed by atoms with Crippen molar-refractivity contribution in [3.05, 3.63) is 53.0 Å². The van der Waals surface area contributed by atoms with E-state index >= 15 is 0 Å². The number of hydrogen-bond donors (Lipinski definition) is 1. The fourth-order valence-electron chi connectivity index (χ4n) is 3.82. The van der Waals surface area contributed by atoms with Crippen LogP contribution in [0.5, 0.6) is 0 Å². The van der Waals surface area contributed by atoms with Crippen molar-refractivity contribution >= 4 is 50.4 Å². The molecule has 2 heterocycles. The number of nitrogens with one attached hydrogen (secondary N) is 1. The predicted octanol–water partition coefficient (Wildman–Crippen LogP) is 4.55. The Kier molecular flexibility index (Phi) is 4.94. The zero-order chi connectivity index (χ0) is 20.8. The first-order valence-corrected chi connectivity index (χ1v) is 10.4. The fraction of sp³-hybridized carbons (Fsp3) is 0.318. The molecule has 1 atom stereocenters. The van der Waals surface area contributed by atoms with Gasteiger partial charge in [0.05, 0.1) is 16.7 Å². The number of anilines is 2. The lowest BCUT2D eigenvalue weighted by Gasteiger charge is -2.25. The van der Waals surface area contributed by atoms with E-state index in [1.165, 1.54) is 0 Å². The number of carbonyl (C=O) groups is 2. The molecule has 29 heavy (non-hydrogen) atoms. The number of fused-ring (bicyclic) bond motifs is 1. The van der Waals surface area contributed by atoms with Crippen LogP contribution in [-0.4, -0.2) is 27.9 Å². The quantitative estimate of drug-likeness (QED) is 0.590. The zero-order valence-electron chi connectivity index (χ0n) is 16.6. The van der Waals surface area contributed by atoms with Gasteiger partial charge in [0.15, 0.2) is 0 Å². The summed E-state index contributed by atoms with van der Waals surface area (Å²) in [6.07, 6.45) is 0.474. The van der Waals surface area contributed by atoms with Crippen LogP contribution in [0.3, 0.4) is 0 Å². The first-order chi connectivity index (χ1) is 13.8. The number of rotatable bonds is 3. The molecule has 150 valence electrons. The highest BCUT2D eigenvalue weighted by atomic mass is 79.9. The minimum absolute atomic E-state index is 0.187. The van der Waals surface area contributed by atoms with Gasteiger partial charge in [-0.3, -0.25) is 14.9 Å². The molecule has 1 aromatic heterocycles. The van der Waals surface area contributed by atoms with Crippen molar-refractivity contribution in [2.24, 2.45) is 5.92 Å². The lowest BCUT2D eigenvalue weighted by molar-refractivity contribution is -0.129. The molecule has 1 saturated heterocycles. The highest BCUT2D eigenvalue weighted by Gasteiger charge is 2.39. The molecule has 0 saturated carbocycles. The van der Waals surface area contributed by atoms with Crippen LogP contribution >= 0.6 is 15.9 Å². The third kappa shape index (κ3) is 3.55. The fourth-order valence-corrected chi connectivity index (χ4v) is 4.32.